The van der Waals surface area contributed by atoms with Crippen LogP contribution < -0.4 is 14.8 Å². The average Bonchev–Trinajstić information content (AvgIpc) is 3.46. The molecular weight excluding hydrogens is 410 g/mol. The monoisotopic (exact) mass is 431 g/mol. The van der Waals surface area contributed by atoms with Crippen LogP contribution in [0, 0.1) is 0 Å². The van der Waals surface area contributed by atoms with Gasteiger partial charge in [0.25, 0.3) is 5.91 Å². The zero-order chi connectivity index (χ0) is 21.4. The minimum atomic E-state index is -0.143. The van der Waals surface area contributed by atoms with Gasteiger partial charge < -0.3 is 9.47 Å². The molecular formula is C24H21N3O3S. The molecule has 2 aromatic carbocycles. The maximum absolute atomic E-state index is 13.3. The van der Waals surface area contributed by atoms with Gasteiger partial charge in [0, 0.05) is 22.0 Å². The maximum Gasteiger partial charge on any atom is 0.258 e. The highest BCUT2D eigenvalue weighted by atomic mass is 32.1. The van der Waals surface area contributed by atoms with E-state index in [4.69, 9.17) is 14.5 Å². The molecule has 0 bridgehead atoms. The van der Waals surface area contributed by atoms with Crippen LogP contribution in [0.25, 0.3) is 22.2 Å². The summed E-state index contributed by atoms with van der Waals surface area (Å²) in [6.45, 7) is 0. The first-order chi connectivity index (χ1) is 15.2. The van der Waals surface area contributed by atoms with Crippen molar-refractivity contribution < 1.29 is 14.3 Å². The average molecular weight is 432 g/mol. The van der Waals surface area contributed by atoms with Gasteiger partial charge in [-0.15, -0.1) is 11.3 Å². The Morgan fingerprint density at radius 2 is 1.94 bits per heavy atom. The Hall–Kier alpha value is -3.45. The van der Waals surface area contributed by atoms with Crippen molar-refractivity contribution >= 4 is 33.3 Å². The van der Waals surface area contributed by atoms with E-state index in [1.807, 2.05) is 47.8 Å². The largest absolute Gasteiger partial charge is 0.497 e. The Bertz CT molecular complexity index is 1300. The highest BCUT2D eigenvalue weighted by Gasteiger charge is 2.24. The highest BCUT2D eigenvalue weighted by molar-refractivity contribution is 7.14. The second-order valence-electron chi connectivity index (χ2n) is 7.34. The Balaban J connectivity index is 1.50. The van der Waals surface area contributed by atoms with Crippen LogP contribution in [0.5, 0.6) is 11.5 Å². The van der Waals surface area contributed by atoms with E-state index in [0.717, 1.165) is 52.7 Å². The Morgan fingerprint density at radius 3 is 2.77 bits per heavy atom. The third kappa shape index (κ3) is 3.51. The van der Waals surface area contributed by atoms with E-state index in [2.05, 4.69) is 10.3 Å². The number of nitrogens with zero attached hydrogens (tertiary/aromatic N) is 2. The van der Waals surface area contributed by atoms with Gasteiger partial charge in [0.1, 0.15) is 11.5 Å². The van der Waals surface area contributed by atoms with Gasteiger partial charge in [-0.3, -0.25) is 15.1 Å². The topological polar surface area (TPSA) is 73.3 Å². The van der Waals surface area contributed by atoms with Crippen LogP contribution in [0.15, 0.2) is 47.8 Å². The first kappa shape index (κ1) is 19.5. The molecule has 1 N–H and O–H groups in total. The van der Waals surface area contributed by atoms with Gasteiger partial charge in [0.05, 0.1) is 31.0 Å². The number of amides is 1. The minimum absolute atomic E-state index is 0.143. The molecule has 0 unspecified atom stereocenters. The number of methoxy groups -OCH3 is 2. The van der Waals surface area contributed by atoms with Crippen LogP contribution in [0.1, 0.15) is 28.0 Å². The summed E-state index contributed by atoms with van der Waals surface area (Å²) in [5, 5.41) is 6.33. The van der Waals surface area contributed by atoms with E-state index in [-0.39, 0.29) is 5.91 Å². The Kier molecular flexibility index (Phi) is 5.03. The zero-order valence-electron chi connectivity index (χ0n) is 17.3. The number of anilines is 1. The van der Waals surface area contributed by atoms with E-state index in [0.29, 0.717) is 22.2 Å². The van der Waals surface area contributed by atoms with Crippen LogP contribution in [0.4, 0.5) is 5.13 Å². The molecule has 5 rings (SSSR count). The van der Waals surface area contributed by atoms with Crippen molar-refractivity contribution in [2.75, 3.05) is 19.5 Å². The molecule has 7 heteroatoms. The van der Waals surface area contributed by atoms with E-state index in [9.17, 15) is 4.79 Å². The van der Waals surface area contributed by atoms with E-state index in [1.54, 1.807) is 14.2 Å². The molecule has 0 radical (unpaired) electrons. The normalized spacial score (nSPS) is 12.6. The van der Waals surface area contributed by atoms with Crippen LogP contribution in [-0.2, 0) is 12.8 Å². The van der Waals surface area contributed by atoms with Crippen molar-refractivity contribution in [3.05, 3.63) is 64.7 Å². The molecule has 1 aliphatic carbocycles. The molecule has 2 aromatic heterocycles. The molecule has 0 saturated heterocycles. The molecule has 0 spiro atoms. The Labute approximate surface area is 183 Å². The predicted octanol–water partition coefficient (Wildman–Crippen LogP) is 5.12. The quantitative estimate of drug-likeness (QED) is 0.475. The molecule has 1 amide bonds. The molecule has 0 saturated carbocycles. The molecule has 156 valence electrons. The first-order valence-corrected chi connectivity index (χ1v) is 11.0. The standard InChI is InChI=1S/C24H21N3O3S/c1-29-14-10-11-21(30-2)17(12-14)20-13-31-24(26-20)27-23(28)22-15-6-3-4-8-18(15)25-19-9-5-7-16(19)22/h3-4,6,8,10-13H,5,7,9H2,1-2H3,(H,26,27,28). The summed E-state index contributed by atoms with van der Waals surface area (Å²) in [5.74, 6) is 1.27. The molecule has 0 fully saturated rings. The number of hydrogen-bond acceptors (Lipinski definition) is 6. The van der Waals surface area contributed by atoms with Crippen molar-refractivity contribution in [2.45, 2.75) is 19.3 Å². The lowest BCUT2D eigenvalue weighted by Gasteiger charge is -2.11. The zero-order valence-corrected chi connectivity index (χ0v) is 18.1. The number of rotatable bonds is 5. The Morgan fingerprint density at radius 1 is 1.06 bits per heavy atom. The van der Waals surface area contributed by atoms with Gasteiger partial charge in [-0.25, -0.2) is 4.98 Å². The first-order valence-electron chi connectivity index (χ1n) is 10.1. The number of carbonyl (C=O) groups excluding carboxylic acids is 1. The fourth-order valence-electron chi connectivity index (χ4n) is 4.10. The summed E-state index contributed by atoms with van der Waals surface area (Å²) in [6, 6.07) is 13.4. The number of thiazole rings is 1. The second kappa shape index (κ2) is 8.00. The summed E-state index contributed by atoms with van der Waals surface area (Å²) in [6.07, 6.45) is 2.81. The van der Waals surface area contributed by atoms with Crippen molar-refractivity contribution in [3.63, 3.8) is 0 Å². The number of hydrogen-bond donors (Lipinski definition) is 1. The SMILES string of the molecule is COc1ccc(OC)c(-c2csc(NC(=O)c3c4c(nc5ccccc35)CCC4)n2)c1. The van der Waals surface area contributed by atoms with Crippen molar-refractivity contribution in [1.29, 1.82) is 0 Å². The van der Waals surface area contributed by atoms with Crippen LogP contribution in [0.2, 0.25) is 0 Å². The van der Waals surface area contributed by atoms with E-state index >= 15 is 0 Å². The van der Waals surface area contributed by atoms with Gasteiger partial charge in [0.2, 0.25) is 0 Å². The number of fused-ring (bicyclic) bond motifs is 2. The fourth-order valence-corrected chi connectivity index (χ4v) is 4.80. The van der Waals surface area contributed by atoms with Gasteiger partial charge in [-0.2, -0.15) is 0 Å². The second-order valence-corrected chi connectivity index (χ2v) is 8.20. The number of nitrogens with one attached hydrogen (secondary N) is 1. The van der Waals surface area contributed by atoms with Crippen molar-refractivity contribution in [2.24, 2.45) is 0 Å². The van der Waals surface area contributed by atoms with Crippen molar-refractivity contribution in [1.82, 2.24) is 9.97 Å². The molecule has 1 aliphatic rings. The van der Waals surface area contributed by atoms with Gasteiger partial charge in [0.15, 0.2) is 5.13 Å². The van der Waals surface area contributed by atoms with Gasteiger partial charge >= 0.3 is 0 Å². The van der Waals surface area contributed by atoms with Crippen LogP contribution in [-0.4, -0.2) is 30.1 Å². The lowest BCUT2D eigenvalue weighted by molar-refractivity contribution is 0.102. The number of benzene rings is 2. The molecule has 4 aromatic rings. The fraction of sp³-hybridized carbons (Fsp3) is 0.208. The number of ether oxygens (including phenoxy) is 2. The predicted molar refractivity (Wildman–Crippen MR) is 122 cm³/mol. The maximum atomic E-state index is 13.3. The number of carbonyl (C=O) groups is 1. The van der Waals surface area contributed by atoms with E-state index < -0.39 is 0 Å². The van der Waals surface area contributed by atoms with Gasteiger partial charge in [-0.05, 0) is 49.1 Å². The van der Waals surface area contributed by atoms with E-state index in [1.165, 1.54) is 11.3 Å². The highest BCUT2D eigenvalue weighted by Crippen LogP contribution is 2.36. The minimum Gasteiger partial charge on any atom is -0.497 e. The van der Waals surface area contributed by atoms with Crippen LogP contribution in [0.3, 0.4) is 0 Å². The molecule has 0 aliphatic heterocycles. The number of para-hydroxylation sites is 1. The summed E-state index contributed by atoms with van der Waals surface area (Å²) in [7, 11) is 3.24. The molecule has 31 heavy (non-hydrogen) atoms. The molecule has 0 atom stereocenters. The van der Waals surface area contributed by atoms with Crippen LogP contribution >= 0.6 is 11.3 Å². The number of aromatic nitrogens is 2. The summed E-state index contributed by atoms with van der Waals surface area (Å²) in [5.41, 5.74) is 5.20. The number of pyridine rings is 1. The third-order valence-electron chi connectivity index (χ3n) is 5.55. The van der Waals surface area contributed by atoms with Gasteiger partial charge in [-0.1, -0.05) is 18.2 Å². The smallest absolute Gasteiger partial charge is 0.258 e. The molecule has 6 nitrogen and oxygen atoms in total. The van der Waals surface area contributed by atoms with Crippen molar-refractivity contribution in [3.8, 4) is 22.8 Å². The lowest BCUT2D eigenvalue weighted by Crippen LogP contribution is -2.15. The lowest BCUT2D eigenvalue weighted by atomic mass is 10.0. The molecule has 2 heterocycles. The third-order valence-corrected chi connectivity index (χ3v) is 6.31. The summed E-state index contributed by atoms with van der Waals surface area (Å²) in [4.78, 5) is 22.7. The summed E-state index contributed by atoms with van der Waals surface area (Å²) >= 11 is 1.38. The summed E-state index contributed by atoms with van der Waals surface area (Å²) < 4.78 is 10.8. The number of aryl methyl sites for hydroxylation is 1.